The van der Waals surface area contributed by atoms with Gasteiger partial charge in [0.15, 0.2) is 9.84 Å². The minimum absolute atomic E-state index is 0.0475. The first-order valence-corrected chi connectivity index (χ1v) is 10.6. The van der Waals surface area contributed by atoms with Crippen molar-refractivity contribution in [2.24, 2.45) is 0 Å². The van der Waals surface area contributed by atoms with E-state index in [1.807, 2.05) is 0 Å². The standard InChI is InChI=1S/C19H23NO7S/c1-11-14(9-17(21)20(2)12-5-6-28(23,24)10-12)19(22)27-16-8-13(25-3)7-15(26-4)18(11)16/h7-8,12H,5-6,9-10H2,1-4H3/t12-/m0/s1. The van der Waals surface area contributed by atoms with Crippen molar-refractivity contribution >= 4 is 26.7 Å². The summed E-state index contributed by atoms with van der Waals surface area (Å²) in [6.45, 7) is 1.73. The number of amides is 1. The number of methoxy groups -OCH3 is 2. The molecule has 9 heteroatoms. The van der Waals surface area contributed by atoms with Crippen LogP contribution < -0.4 is 15.1 Å². The van der Waals surface area contributed by atoms with E-state index in [4.69, 9.17) is 13.9 Å². The van der Waals surface area contributed by atoms with Crippen LogP contribution >= 0.6 is 0 Å². The fourth-order valence-electron chi connectivity index (χ4n) is 3.53. The third-order valence-electron chi connectivity index (χ3n) is 5.25. The van der Waals surface area contributed by atoms with Crippen LogP contribution in [0.4, 0.5) is 0 Å². The Hall–Kier alpha value is -2.55. The average Bonchev–Trinajstić information content (AvgIpc) is 3.02. The molecule has 2 aromatic rings. The van der Waals surface area contributed by atoms with Crippen LogP contribution in [0, 0.1) is 6.92 Å². The lowest BCUT2D eigenvalue weighted by molar-refractivity contribution is -0.130. The second-order valence-corrected chi connectivity index (χ2v) is 9.16. The molecule has 3 rings (SSSR count). The highest BCUT2D eigenvalue weighted by atomic mass is 32.2. The van der Waals surface area contributed by atoms with Gasteiger partial charge in [0.2, 0.25) is 5.91 Å². The summed E-state index contributed by atoms with van der Waals surface area (Å²) in [6, 6.07) is 2.90. The number of benzene rings is 1. The summed E-state index contributed by atoms with van der Waals surface area (Å²) in [5.41, 5.74) is 0.520. The molecule has 0 aliphatic carbocycles. The lowest BCUT2D eigenvalue weighted by Gasteiger charge is -2.23. The zero-order valence-electron chi connectivity index (χ0n) is 16.3. The van der Waals surface area contributed by atoms with Crippen molar-refractivity contribution in [1.29, 1.82) is 0 Å². The van der Waals surface area contributed by atoms with E-state index < -0.39 is 15.5 Å². The van der Waals surface area contributed by atoms with E-state index in [9.17, 15) is 18.0 Å². The normalized spacial score (nSPS) is 18.2. The maximum Gasteiger partial charge on any atom is 0.340 e. The van der Waals surface area contributed by atoms with Crippen LogP contribution in [0.25, 0.3) is 11.0 Å². The number of aryl methyl sites for hydroxylation is 1. The van der Waals surface area contributed by atoms with Gasteiger partial charge in [0, 0.05) is 25.2 Å². The summed E-state index contributed by atoms with van der Waals surface area (Å²) in [7, 11) is 1.45. The topological polar surface area (TPSA) is 103 Å². The highest BCUT2D eigenvalue weighted by Crippen LogP contribution is 2.34. The molecule has 1 saturated heterocycles. The van der Waals surface area contributed by atoms with Gasteiger partial charge < -0.3 is 18.8 Å². The van der Waals surface area contributed by atoms with E-state index in [-0.39, 0.29) is 35.4 Å². The number of nitrogens with zero attached hydrogens (tertiary/aromatic N) is 1. The summed E-state index contributed by atoms with van der Waals surface area (Å²) in [5.74, 6) is 0.654. The second-order valence-electron chi connectivity index (χ2n) is 6.93. The van der Waals surface area contributed by atoms with Crippen LogP contribution in [0.3, 0.4) is 0 Å². The van der Waals surface area contributed by atoms with Crippen molar-refractivity contribution in [1.82, 2.24) is 4.90 Å². The molecule has 1 amide bonds. The van der Waals surface area contributed by atoms with Gasteiger partial charge >= 0.3 is 5.63 Å². The number of hydrogen-bond acceptors (Lipinski definition) is 7. The first-order valence-electron chi connectivity index (χ1n) is 8.81. The van der Waals surface area contributed by atoms with E-state index in [2.05, 4.69) is 0 Å². The number of sulfone groups is 1. The summed E-state index contributed by atoms with van der Waals surface area (Å²) in [4.78, 5) is 26.6. The van der Waals surface area contributed by atoms with Crippen LogP contribution in [0.2, 0.25) is 0 Å². The Labute approximate surface area is 162 Å². The van der Waals surface area contributed by atoms with Crippen molar-refractivity contribution < 1.29 is 27.1 Å². The largest absolute Gasteiger partial charge is 0.496 e. The Morgan fingerprint density at radius 1 is 1.29 bits per heavy atom. The van der Waals surface area contributed by atoms with Crippen LogP contribution in [0.15, 0.2) is 21.3 Å². The van der Waals surface area contributed by atoms with Crippen LogP contribution in [-0.2, 0) is 21.1 Å². The predicted octanol–water partition coefficient (Wildman–Crippen LogP) is 1.31. The molecule has 0 bridgehead atoms. The molecule has 28 heavy (non-hydrogen) atoms. The molecule has 0 unspecified atom stereocenters. The van der Waals surface area contributed by atoms with Crippen LogP contribution in [0.5, 0.6) is 11.5 Å². The van der Waals surface area contributed by atoms with Crippen LogP contribution in [-0.4, -0.2) is 58.0 Å². The monoisotopic (exact) mass is 409 g/mol. The minimum Gasteiger partial charge on any atom is -0.496 e. The zero-order chi connectivity index (χ0) is 20.6. The lowest BCUT2D eigenvalue weighted by Crippen LogP contribution is -2.39. The van der Waals surface area contributed by atoms with Crippen LogP contribution in [0.1, 0.15) is 17.5 Å². The van der Waals surface area contributed by atoms with Crippen molar-refractivity contribution in [3.05, 3.63) is 33.7 Å². The average molecular weight is 409 g/mol. The molecule has 0 spiro atoms. The molecule has 1 atom stereocenters. The van der Waals surface area contributed by atoms with Crippen molar-refractivity contribution in [2.45, 2.75) is 25.8 Å². The molecule has 8 nitrogen and oxygen atoms in total. The summed E-state index contributed by atoms with van der Waals surface area (Å²) >= 11 is 0. The number of rotatable bonds is 5. The minimum atomic E-state index is -3.11. The maximum absolute atomic E-state index is 12.7. The molecule has 152 valence electrons. The fraction of sp³-hybridized carbons (Fsp3) is 0.474. The Morgan fingerprint density at radius 3 is 2.57 bits per heavy atom. The molecular weight excluding hydrogens is 386 g/mol. The Morgan fingerprint density at radius 2 is 2.00 bits per heavy atom. The summed E-state index contributed by atoms with van der Waals surface area (Å²) in [5, 5.41) is 0.594. The van der Waals surface area contributed by atoms with Gasteiger partial charge in [-0.05, 0) is 18.9 Å². The lowest BCUT2D eigenvalue weighted by atomic mass is 10.0. The third kappa shape index (κ3) is 3.71. The Kier molecular flexibility index (Phi) is 5.38. The number of carbonyl (C=O) groups is 1. The number of hydrogen-bond donors (Lipinski definition) is 0. The second kappa shape index (κ2) is 7.46. The highest BCUT2D eigenvalue weighted by Gasteiger charge is 2.33. The number of ether oxygens (including phenoxy) is 2. The Balaban J connectivity index is 1.97. The molecule has 0 N–H and O–H groups in total. The van der Waals surface area contributed by atoms with Gasteiger partial charge in [-0.2, -0.15) is 0 Å². The molecule has 0 saturated carbocycles. The third-order valence-corrected chi connectivity index (χ3v) is 7.00. The number of fused-ring (bicyclic) bond motifs is 1. The molecule has 1 aliphatic rings. The van der Waals surface area contributed by atoms with E-state index in [0.29, 0.717) is 34.5 Å². The molecule has 1 aromatic heterocycles. The highest BCUT2D eigenvalue weighted by molar-refractivity contribution is 7.91. The van der Waals surface area contributed by atoms with E-state index in [1.165, 1.54) is 19.1 Å². The van der Waals surface area contributed by atoms with Gasteiger partial charge in [0.25, 0.3) is 0 Å². The fourth-order valence-corrected chi connectivity index (χ4v) is 5.30. The maximum atomic E-state index is 12.7. The van der Waals surface area contributed by atoms with Gasteiger partial charge in [0.05, 0.1) is 43.1 Å². The Bertz CT molecular complexity index is 1090. The van der Waals surface area contributed by atoms with E-state index >= 15 is 0 Å². The van der Waals surface area contributed by atoms with Crippen molar-refractivity contribution in [3.63, 3.8) is 0 Å². The van der Waals surface area contributed by atoms with Gasteiger partial charge in [-0.1, -0.05) is 0 Å². The molecule has 0 radical (unpaired) electrons. The SMILES string of the molecule is COc1cc(OC)c2c(C)c(CC(=O)N(C)[C@H]3CCS(=O)(=O)C3)c(=O)oc2c1. The summed E-state index contributed by atoms with van der Waals surface area (Å²) < 4.78 is 39.4. The van der Waals surface area contributed by atoms with Crippen molar-refractivity contribution in [2.75, 3.05) is 32.8 Å². The predicted molar refractivity (Wildman–Crippen MR) is 104 cm³/mol. The molecule has 1 fully saturated rings. The quantitative estimate of drug-likeness (QED) is 0.686. The van der Waals surface area contributed by atoms with Gasteiger partial charge in [-0.15, -0.1) is 0 Å². The smallest absolute Gasteiger partial charge is 0.340 e. The van der Waals surface area contributed by atoms with Gasteiger partial charge in [-0.25, -0.2) is 13.2 Å². The summed E-state index contributed by atoms with van der Waals surface area (Å²) in [6.07, 6.45) is 0.232. The molecule has 1 aromatic carbocycles. The zero-order valence-corrected chi connectivity index (χ0v) is 17.1. The molecule has 2 heterocycles. The van der Waals surface area contributed by atoms with Gasteiger partial charge in [0.1, 0.15) is 17.1 Å². The first kappa shape index (κ1) is 20.2. The van der Waals surface area contributed by atoms with Gasteiger partial charge in [-0.3, -0.25) is 4.79 Å². The van der Waals surface area contributed by atoms with E-state index in [1.54, 1.807) is 26.1 Å². The van der Waals surface area contributed by atoms with E-state index in [0.717, 1.165) is 0 Å². The molecular formula is C19H23NO7S. The van der Waals surface area contributed by atoms with Crippen molar-refractivity contribution in [3.8, 4) is 11.5 Å². The first-order chi connectivity index (χ1) is 13.2. The number of carbonyl (C=O) groups excluding carboxylic acids is 1. The molecule has 1 aliphatic heterocycles. The number of likely N-dealkylation sites (N-methyl/N-ethyl adjacent to an activating group) is 1.